The van der Waals surface area contributed by atoms with Gasteiger partial charge in [0, 0.05) is 36.6 Å². The molecular formula is C17H18BrClN4O3. The quantitative estimate of drug-likeness (QED) is 0.745. The maximum absolute atomic E-state index is 12.3. The van der Waals surface area contributed by atoms with Gasteiger partial charge in [-0.1, -0.05) is 27.5 Å². The molecule has 7 nitrogen and oxygen atoms in total. The molecule has 0 saturated carbocycles. The predicted octanol–water partition coefficient (Wildman–Crippen LogP) is 2.67. The van der Waals surface area contributed by atoms with E-state index in [0.717, 1.165) is 17.3 Å². The molecule has 1 amide bonds. The molecule has 0 aliphatic carbocycles. The number of nitrogens with zero attached hydrogens (tertiary/aromatic N) is 2. The summed E-state index contributed by atoms with van der Waals surface area (Å²) in [7, 11) is 0. The highest BCUT2D eigenvalue weighted by Gasteiger charge is 2.24. The topological polar surface area (TPSA) is 87.3 Å². The molecule has 1 aromatic heterocycles. The third-order valence-corrected chi connectivity index (χ3v) is 4.94. The average Bonchev–Trinajstić information content (AvgIpc) is 2.64. The summed E-state index contributed by atoms with van der Waals surface area (Å²) in [6, 6.07) is 7.02. The SMILES string of the molecule is O=C(CNc1ccn[nH]c1=O)N1CCC(Oc2cc(Br)ccc2Cl)CC1. The number of carbonyl (C=O) groups is 1. The Kier molecular flexibility index (Phi) is 6.16. The zero-order valence-corrected chi connectivity index (χ0v) is 16.2. The van der Waals surface area contributed by atoms with E-state index < -0.39 is 0 Å². The maximum atomic E-state index is 12.3. The average molecular weight is 442 g/mol. The van der Waals surface area contributed by atoms with Gasteiger partial charge in [0.2, 0.25) is 5.91 Å². The van der Waals surface area contributed by atoms with Crippen molar-refractivity contribution in [3.63, 3.8) is 0 Å². The lowest BCUT2D eigenvalue weighted by Gasteiger charge is -2.32. The standard InChI is InChI=1S/C17H18BrClN4O3/c18-11-1-2-13(19)15(9-11)26-12-4-7-23(8-5-12)16(24)10-20-14-3-6-21-22-17(14)25/h1-3,6,9,12H,4-5,7-8,10H2,(H,20,21)(H,22,25). The van der Waals surface area contributed by atoms with Crippen molar-refractivity contribution < 1.29 is 9.53 Å². The molecule has 1 saturated heterocycles. The van der Waals surface area contributed by atoms with Gasteiger partial charge in [-0.25, -0.2) is 5.10 Å². The van der Waals surface area contributed by atoms with E-state index in [2.05, 4.69) is 31.4 Å². The van der Waals surface area contributed by atoms with Crippen LogP contribution in [0.5, 0.6) is 5.75 Å². The van der Waals surface area contributed by atoms with Crippen LogP contribution in [-0.2, 0) is 4.79 Å². The molecule has 0 unspecified atom stereocenters. The summed E-state index contributed by atoms with van der Waals surface area (Å²) in [4.78, 5) is 25.6. The fourth-order valence-electron chi connectivity index (χ4n) is 2.74. The van der Waals surface area contributed by atoms with Crippen LogP contribution >= 0.6 is 27.5 Å². The van der Waals surface area contributed by atoms with Gasteiger partial charge in [-0.15, -0.1) is 0 Å². The van der Waals surface area contributed by atoms with Crippen molar-refractivity contribution in [3.05, 3.63) is 50.3 Å². The molecule has 9 heteroatoms. The summed E-state index contributed by atoms with van der Waals surface area (Å²) in [5.41, 5.74) is -0.0193. The lowest BCUT2D eigenvalue weighted by Crippen LogP contribution is -2.44. The first-order chi connectivity index (χ1) is 12.5. The first kappa shape index (κ1) is 18.7. The van der Waals surface area contributed by atoms with Gasteiger partial charge in [0.25, 0.3) is 5.56 Å². The van der Waals surface area contributed by atoms with Crippen molar-refractivity contribution in [2.24, 2.45) is 0 Å². The Balaban J connectivity index is 1.48. The highest BCUT2D eigenvalue weighted by Crippen LogP contribution is 2.30. The molecule has 2 heterocycles. The lowest BCUT2D eigenvalue weighted by atomic mass is 10.1. The van der Waals surface area contributed by atoms with Crippen molar-refractivity contribution in [2.45, 2.75) is 18.9 Å². The maximum Gasteiger partial charge on any atom is 0.287 e. The van der Waals surface area contributed by atoms with E-state index in [1.165, 1.54) is 12.3 Å². The van der Waals surface area contributed by atoms with Crippen molar-refractivity contribution in [2.75, 3.05) is 25.0 Å². The first-order valence-electron chi connectivity index (χ1n) is 8.20. The van der Waals surface area contributed by atoms with E-state index in [4.69, 9.17) is 16.3 Å². The number of H-pyrrole nitrogens is 1. The number of hydrogen-bond donors (Lipinski definition) is 2. The zero-order chi connectivity index (χ0) is 18.5. The fraction of sp³-hybridized carbons (Fsp3) is 0.353. The van der Waals surface area contributed by atoms with Crippen molar-refractivity contribution in [1.29, 1.82) is 0 Å². The van der Waals surface area contributed by atoms with Crippen LogP contribution in [0, 0.1) is 0 Å². The van der Waals surface area contributed by atoms with Crippen LogP contribution in [0.3, 0.4) is 0 Å². The van der Waals surface area contributed by atoms with Crippen LogP contribution in [0.4, 0.5) is 5.69 Å². The summed E-state index contributed by atoms with van der Waals surface area (Å²) in [5, 5.41) is 9.35. The molecule has 1 aliphatic rings. The minimum Gasteiger partial charge on any atom is -0.489 e. The Hall–Kier alpha value is -2.06. The van der Waals surface area contributed by atoms with Gasteiger partial charge in [-0.05, 0) is 24.3 Å². The largest absolute Gasteiger partial charge is 0.489 e. The molecule has 0 spiro atoms. The van der Waals surface area contributed by atoms with E-state index in [9.17, 15) is 9.59 Å². The number of anilines is 1. The van der Waals surface area contributed by atoms with Crippen molar-refractivity contribution in [3.8, 4) is 5.75 Å². The van der Waals surface area contributed by atoms with E-state index >= 15 is 0 Å². The molecule has 138 valence electrons. The Morgan fingerprint density at radius 3 is 2.88 bits per heavy atom. The smallest absolute Gasteiger partial charge is 0.287 e. The number of halogens is 2. The summed E-state index contributed by atoms with van der Waals surface area (Å²) in [6.07, 6.45) is 2.93. The molecular weight excluding hydrogens is 424 g/mol. The van der Waals surface area contributed by atoms with Gasteiger partial charge in [-0.3, -0.25) is 9.59 Å². The number of aromatic amines is 1. The summed E-state index contributed by atoms with van der Waals surface area (Å²) < 4.78 is 6.88. The number of ether oxygens (including phenoxy) is 1. The number of piperidine rings is 1. The number of nitrogens with one attached hydrogen (secondary N) is 2. The van der Waals surface area contributed by atoms with Crippen LogP contribution in [0.1, 0.15) is 12.8 Å². The number of likely N-dealkylation sites (tertiary alicyclic amines) is 1. The number of amides is 1. The minimum atomic E-state index is -0.349. The second-order valence-electron chi connectivity index (χ2n) is 5.93. The van der Waals surface area contributed by atoms with E-state index in [1.807, 2.05) is 12.1 Å². The third kappa shape index (κ3) is 4.76. The Morgan fingerprint density at radius 1 is 1.38 bits per heavy atom. The van der Waals surface area contributed by atoms with Gasteiger partial charge in [0.15, 0.2) is 0 Å². The Bertz CT molecular complexity index is 837. The van der Waals surface area contributed by atoms with Crippen LogP contribution in [0.15, 0.2) is 39.7 Å². The second-order valence-corrected chi connectivity index (χ2v) is 7.25. The van der Waals surface area contributed by atoms with Crippen molar-refractivity contribution >= 4 is 39.1 Å². The fourth-order valence-corrected chi connectivity index (χ4v) is 3.24. The van der Waals surface area contributed by atoms with Gasteiger partial charge < -0.3 is 15.0 Å². The van der Waals surface area contributed by atoms with Gasteiger partial charge in [-0.2, -0.15) is 5.10 Å². The number of aromatic nitrogens is 2. The highest BCUT2D eigenvalue weighted by molar-refractivity contribution is 9.10. The number of benzene rings is 1. The highest BCUT2D eigenvalue weighted by atomic mass is 79.9. The van der Waals surface area contributed by atoms with Crippen LogP contribution in [0.2, 0.25) is 5.02 Å². The number of hydrogen-bond acceptors (Lipinski definition) is 5. The van der Waals surface area contributed by atoms with Gasteiger partial charge in [0.05, 0.1) is 11.6 Å². The monoisotopic (exact) mass is 440 g/mol. The molecule has 1 aliphatic heterocycles. The molecule has 1 fully saturated rings. The van der Waals surface area contributed by atoms with Crippen molar-refractivity contribution in [1.82, 2.24) is 15.1 Å². The molecule has 2 aromatic rings. The Morgan fingerprint density at radius 2 is 2.15 bits per heavy atom. The van der Waals surface area contributed by atoms with E-state index in [1.54, 1.807) is 11.0 Å². The van der Waals surface area contributed by atoms with Crippen LogP contribution in [-0.4, -0.2) is 46.7 Å². The molecule has 1 aromatic carbocycles. The predicted molar refractivity (Wildman–Crippen MR) is 103 cm³/mol. The van der Waals surface area contributed by atoms with Gasteiger partial charge in [0.1, 0.15) is 17.5 Å². The molecule has 3 rings (SSSR count). The Labute approximate surface area is 163 Å². The molecule has 26 heavy (non-hydrogen) atoms. The molecule has 0 bridgehead atoms. The first-order valence-corrected chi connectivity index (χ1v) is 9.37. The van der Waals surface area contributed by atoms with E-state index in [-0.39, 0.29) is 24.1 Å². The molecule has 2 N–H and O–H groups in total. The minimum absolute atomic E-state index is 0.0156. The molecule has 0 radical (unpaired) electrons. The normalized spacial score (nSPS) is 14.9. The zero-order valence-electron chi connectivity index (χ0n) is 13.9. The van der Waals surface area contributed by atoms with Crippen LogP contribution in [0.25, 0.3) is 0 Å². The third-order valence-electron chi connectivity index (χ3n) is 4.14. The summed E-state index contributed by atoms with van der Waals surface area (Å²) in [5.74, 6) is 0.588. The number of rotatable bonds is 5. The van der Waals surface area contributed by atoms with E-state index in [0.29, 0.717) is 29.5 Å². The van der Waals surface area contributed by atoms with Crippen LogP contribution < -0.4 is 15.6 Å². The summed E-state index contributed by atoms with van der Waals surface area (Å²) >= 11 is 9.56. The number of carbonyl (C=O) groups excluding carboxylic acids is 1. The summed E-state index contributed by atoms with van der Waals surface area (Å²) in [6.45, 7) is 1.27. The lowest BCUT2D eigenvalue weighted by molar-refractivity contribution is -0.131. The molecule has 0 atom stereocenters. The van der Waals surface area contributed by atoms with Gasteiger partial charge >= 0.3 is 0 Å². The second kappa shape index (κ2) is 8.55.